The van der Waals surface area contributed by atoms with Crippen LogP contribution in [-0.2, 0) is 14.3 Å². The van der Waals surface area contributed by atoms with E-state index in [1.165, 1.54) is 0 Å². The summed E-state index contributed by atoms with van der Waals surface area (Å²) in [5, 5.41) is 8.68. The number of hydrogen-bond acceptors (Lipinski definition) is 3. The number of carboxylic acids is 1. The van der Waals surface area contributed by atoms with Gasteiger partial charge in [-0.3, -0.25) is 9.59 Å². The molecule has 2 atom stereocenters. The fourth-order valence-electron chi connectivity index (χ4n) is 1.76. The zero-order chi connectivity index (χ0) is 10.1. The van der Waals surface area contributed by atoms with E-state index >= 15 is 0 Å². The van der Waals surface area contributed by atoms with Gasteiger partial charge >= 0.3 is 5.97 Å². The van der Waals surface area contributed by atoms with Crippen molar-refractivity contribution in [3.63, 3.8) is 0 Å². The molecule has 14 heavy (non-hydrogen) atoms. The Balaban J connectivity index is 1.87. The minimum absolute atomic E-state index is 0.0132. The van der Waals surface area contributed by atoms with E-state index in [4.69, 9.17) is 9.84 Å². The van der Waals surface area contributed by atoms with E-state index in [-0.39, 0.29) is 11.8 Å². The van der Waals surface area contributed by atoms with Crippen molar-refractivity contribution in [3.05, 3.63) is 0 Å². The highest BCUT2D eigenvalue weighted by Gasteiger charge is 2.49. The molecule has 1 saturated heterocycles. The first-order valence-corrected chi connectivity index (χ1v) is 4.79. The number of nitrogens with zero attached hydrogens (tertiary/aromatic N) is 1. The molecule has 78 valence electrons. The zero-order valence-corrected chi connectivity index (χ0v) is 7.81. The number of morpholine rings is 1. The van der Waals surface area contributed by atoms with Gasteiger partial charge in [-0.05, 0) is 6.42 Å². The molecular formula is C9H13NO4. The normalized spacial score (nSPS) is 31.3. The van der Waals surface area contributed by atoms with E-state index in [9.17, 15) is 9.59 Å². The van der Waals surface area contributed by atoms with Gasteiger partial charge in [0.2, 0.25) is 5.91 Å². The quantitative estimate of drug-likeness (QED) is 0.655. The maximum Gasteiger partial charge on any atom is 0.307 e. The van der Waals surface area contributed by atoms with E-state index in [2.05, 4.69) is 0 Å². The summed E-state index contributed by atoms with van der Waals surface area (Å²) in [7, 11) is 0. The van der Waals surface area contributed by atoms with E-state index in [0.717, 1.165) is 0 Å². The molecule has 0 bridgehead atoms. The summed E-state index contributed by atoms with van der Waals surface area (Å²) in [6.07, 6.45) is 0.505. The average Bonchev–Trinajstić information content (AvgIpc) is 2.97. The number of amides is 1. The maximum atomic E-state index is 11.7. The standard InChI is InChI=1S/C9H13NO4/c11-8(6-5-7(6)9(12)13)10-1-3-14-4-2-10/h6-7H,1-5H2,(H,12,13)/t6-,7-/m1/s1. The number of hydrogen-bond donors (Lipinski definition) is 1. The summed E-state index contributed by atoms with van der Waals surface area (Å²) in [6.45, 7) is 2.33. The summed E-state index contributed by atoms with van der Waals surface area (Å²) in [4.78, 5) is 24.0. The van der Waals surface area contributed by atoms with Crippen molar-refractivity contribution in [2.45, 2.75) is 6.42 Å². The summed E-state index contributed by atoms with van der Waals surface area (Å²) >= 11 is 0. The molecule has 1 N–H and O–H groups in total. The fraction of sp³-hybridized carbons (Fsp3) is 0.778. The zero-order valence-electron chi connectivity index (χ0n) is 7.81. The van der Waals surface area contributed by atoms with E-state index in [1.54, 1.807) is 4.90 Å². The molecule has 1 aliphatic carbocycles. The Bertz CT molecular complexity index is 260. The van der Waals surface area contributed by atoms with Crippen molar-refractivity contribution >= 4 is 11.9 Å². The lowest BCUT2D eigenvalue weighted by Gasteiger charge is -2.26. The van der Waals surface area contributed by atoms with Gasteiger partial charge in [0, 0.05) is 13.1 Å². The number of ether oxygens (including phenoxy) is 1. The van der Waals surface area contributed by atoms with Gasteiger partial charge in [0.05, 0.1) is 25.0 Å². The number of carbonyl (C=O) groups is 2. The van der Waals surface area contributed by atoms with Gasteiger partial charge in [0.15, 0.2) is 0 Å². The summed E-state index contributed by atoms with van der Waals surface area (Å²) < 4.78 is 5.11. The Labute approximate surface area is 81.6 Å². The molecule has 5 nitrogen and oxygen atoms in total. The second-order valence-corrected chi connectivity index (χ2v) is 3.72. The predicted molar refractivity (Wildman–Crippen MR) is 46.6 cm³/mol. The Kier molecular flexibility index (Phi) is 2.41. The lowest BCUT2D eigenvalue weighted by Crippen LogP contribution is -2.41. The topological polar surface area (TPSA) is 66.8 Å². The Morgan fingerprint density at radius 2 is 1.86 bits per heavy atom. The molecule has 0 aromatic heterocycles. The predicted octanol–water partition coefficient (Wildman–Crippen LogP) is -0.434. The van der Waals surface area contributed by atoms with Crippen LogP contribution in [0.15, 0.2) is 0 Å². The van der Waals surface area contributed by atoms with Gasteiger partial charge in [-0.25, -0.2) is 0 Å². The molecule has 1 saturated carbocycles. The van der Waals surface area contributed by atoms with Crippen LogP contribution < -0.4 is 0 Å². The highest BCUT2D eigenvalue weighted by molar-refractivity contribution is 5.89. The molecule has 2 fully saturated rings. The molecule has 1 amide bonds. The van der Waals surface area contributed by atoms with E-state index in [0.29, 0.717) is 32.7 Å². The van der Waals surface area contributed by atoms with Gasteiger partial charge in [-0.2, -0.15) is 0 Å². The first-order valence-electron chi connectivity index (χ1n) is 4.79. The minimum atomic E-state index is -0.850. The lowest BCUT2D eigenvalue weighted by molar-refractivity contribution is -0.143. The summed E-state index contributed by atoms with van der Waals surface area (Å²) in [5.74, 6) is -1.58. The molecular weight excluding hydrogens is 186 g/mol. The second kappa shape index (κ2) is 3.57. The van der Waals surface area contributed by atoms with Gasteiger partial charge in [-0.15, -0.1) is 0 Å². The maximum absolute atomic E-state index is 11.7. The first-order chi connectivity index (χ1) is 6.70. The summed E-state index contributed by atoms with van der Waals surface area (Å²) in [6, 6.07) is 0. The molecule has 0 aromatic carbocycles. The average molecular weight is 199 g/mol. The van der Waals surface area contributed by atoms with E-state index in [1.807, 2.05) is 0 Å². The third-order valence-corrected chi connectivity index (χ3v) is 2.75. The monoisotopic (exact) mass is 199 g/mol. The second-order valence-electron chi connectivity index (χ2n) is 3.72. The van der Waals surface area contributed by atoms with Crippen molar-refractivity contribution in [2.24, 2.45) is 11.8 Å². The van der Waals surface area contributed by atoms with E-state index < -0.39 is 11.9 Å². The molecule has 2 rings (SSSR count). The smallest absolute Gasteiger partial charge is 0.307 e. The van der Waals surface area contributed by atoms with Crippen LogP contribution in [0.2, 0.25) is 0 Å². The largest absolute Gasteiger partial charge is 0.481 e. The molecule has 0 unspecified atom stereocenters. The van der Waals surface area contributed by atoms with Crippen molar-refractivity contribution in [1.29, 1.82) is 0 Å². The number of aliphatic carboxylic acids is 1. The number of rotatable bonds is 2. The molecule has 0 spiro atoms. The van der Waals surface area contributed by atoms with Gasteiger partial charge in [0.25, 0.3) is 0 Å². The molecule has 0 aromatic rings. The van der Waals surface area contributed by atoms with Crippen LogP contribution in [0, 0.1) is 11.8 Å². The van der Waals surface area contributed by atoms with Gasteiger partial charge in [0.1, 0.15) is 0 Å². The number of carbonyl (C=O) groups excluding carboxylic acids is 1. The van der Waals surface area contributed by atoms with Crippen molar-refractivity contribution in [2.75, 3.05) is 26.3 Å². The first kappa shape index (κ1) is 9.45. The third-order valence-electron chi connectivity index (χ3n) is 2.75. The Morgan fingerprint density at radius 3 is 2.36 bits per heavy atom. The SMILES string of the molecule is O=C(O)[C@@H]1C[C@H]1C(=O)N1CCOCC1. The fourth-order valence-corrected chi connectivity index (χ4v) is 1.76. The van der Waals surface area contributed by atoms with Crippen LogP contribution in [0.25, 0.3) is 0 Å². The molecule has 5 heteroatoms. The highest BCUT2D eigenvalue weighted by atomic mass is 16.5. The van der Waals surface area contributed by atoms with Crippen LogP contribution in [0.4, 0.5) is 0 Å². The molecule has 1 aliphatic heterocycles. The van der Waals surface area contributed by atoms with Crippen molar-refractivity contribution < 1.29 is 19.4 Å². The summed E-state index contributed by atoms with van der Waals surface area (Å²) in [5.41, 5.74) is 0. The van der Waals surface area contributed by atoms with Gasteiger partial charge in [-0.1, -0.05) is 0 Å². The van der Waals surface area contributed by atoms with Crippen LogP contribution in [0.1, 0.15) is 6.42 Å². The minimum Gasteiger partial charge on any atom is -0.481 e. The van der Waals surface area contributed by atoms with Crippen LogP contribution in [-0.4, -0.2) is 48.2 Å². The van der Waals surface area contributed by atoms with Crippen molar-refractivity contribution in [3.8, 4) is 0 Å². The van der Waals surface area contributed by atoms with Crippen LogP contribution in [0.5, 0.6) is 0 Å². The molecule has 0 radical (unpaired) electrons. The molecule has 1 heterocycles. The Morgan fingerprint density at radius 1 is 1.21 bits per heavy atom. The molecule has 2 aliphatic rings. The number of carboxylic acid groups (broad SMARTS) is 1. The van der Waals surface area contributed by atoms with Crippen LogP contribution in [0.3, 0.4) is 0 Å². The highest BCUT2D eigenvalue weighted by Crippen LogP contribution is 2.40. The van der Waals surface area contributed by atoms with Gasteiger partial charge < -0.3 is 14.7 Å². The van der Waals surface area contributed by atoms with Crippen LogP contribution >= 0.6 is 0 Å². The van der Waals surface area contributed by atoms with Crippen molar-refractivity contribution in [1.82, 2.24) is 4.90 Å². The Hall–Kier alpha value is -1.10. The third kappa shape index (κ3) is 1.72. The lowest BCUT2D eigenvalue weighted by atomic mass is 10.2.